The van der Waals surface area contributed by atoms with Gasteiger partial charge in [-0.05, 0) is 31.0 Å². The highest BCUT2D eigenvalue weighted by Gasteiger charge is 2.27. The van der Waals surface area contributed by atoms with E-state index in [1.54, 1.807) is 14.2 Å². The van der Waals surface area contributed by atoms with Crippen molar-refractivity contribution in [2.24, 2.45) is 5.73 Å². The predicted molar refractivity (Wildman–Crippen MR) is 59.7 cm³/mol. The van der Waals surface area contributed by atoms with Gasteiger partial charge in [0.05, 0.1) is 14.2 Å². The Hall–Kier alpha value is -1.22. The molecule has 1 aliphatic rings. The van der Waals surface area contributed by atoms with Gasteiger partial charge in [-0.25, -0.2) is 0 Å². The number of aryl methyl sites for hydroxylation is 1. The fourth-order valence-corrected chi connectivity index (χ4v) is 2.37. The molecule has 2 N–H and O–H groups in total. The Morgan fingerprint density at radius 2 is 2.13 bits per heavy atom. The Kier molecular flexibility index (Phi) is 2.82. The number of hydrogen-bond acceptors (Lipinski definition) is 3. The van der Waals surface area contributed by atoms with Gasteiger partial charge in [0.25, 0.3) is 0 Å². The molecule has 0 saturated carbocycles. The van der Waals surface area contributed by atoms with Crippen molar-refractivity contribution in [3.8, 4) is 11.5 Å². The maximum absolute atomic E-state index is 5.77. The second-order valence-corrected chi connectivity index (χ2v) is 3.85. The average Bonchev–Trinajstić information content (AvgIpc) is 2.70. The fraction of sp³-hybridized carbons (Fsp3) is 0.500. The summed E-state index contributed by atoms with van der Waals surface area (Å²) in [4.78, 5) is 0. The van der Waals surface area contributed by atoms with E-state index in [1.807, 2.05) is 6.07 Å². The lowest BCUT2D eigenvalue weighted by molar-refractivity contribution is 0.350. The largest absolute Gasteiger partial charge is 0.493 e. The lowest BCUT2D eigenvalue weighted by atomic mass is 10.00. The molecule has 0 amide bonds. The molecule has 0 aliphatic heterocycles. The van der Waals surface area contributed by atoms with Gasteiger partial charge in [0.2, 0.25) is 0 Å². The van der Waals surface area contributed by atoms with E-state index in [9.17, 15) is 0 Å². The molecular formula is C12H17NO2. The Bertz CT molecular complexity index is 363. The third-order valence-corrected chi connectivity index (χ3v) is 3.13. The van der Waals surface area contributed by atoms with Crippen LogP contribution in [0.4, 0.5) is 0 Å². The molecule has 15 heavy (non-hydrogen) atoms. The molecule has 82 valence electrons. The number of hydrogen-bond donors (Lipinski definition) is 1. The first-order valence-electron chi connectivity index (χ1n) is 5.25. The van der Waals surface area contributed by atoms with E-state index in [-0.39, 0.29) is 0 Å². The van der Waals surface area contributed by atoms with E-state index in [0.717, 1.165) is 24.3 Å². The van der Waals surface area contributed by atoms with Gasteiger partial charge in [0.1, 0.15) is 0 Å². The zero-order chi connectivity index (χ0) is 10.8. The molecule has 1 unspecified atom stereocenters. The van der Waals surface area contributed by atoms with Crippen molar-refractivity contribution >= 4 is 0 Å². The van der Waals surface area contributed by atoms with Crippen molar-refractivity contribution in [2.75, 3.05) is 20.8 Å². The molecule has 0 heterocycles. The van der Waals surface area contributed by atoms with Crippen molar-refractivity contribution in [1.29, 1.82) is 0 Å². The van der Waals surface area contributed by atoms with Crippen LogP contribution in [0.25, 0.3) is 0 Å². The third-order valence-electron chi connectivity index (χ3n) is 3.13. The highest BCUT2D eigenvalue weighted by molar-refractivity contribution is 5.54. The summed E-state index contributed by atoms with van der Waals surface area (Å²) < 4.78 is 10.7. The van der Waals surface area contributed by atoms with Gasteiger partial charge in [0, 0.05) is 11.5 Å². The minimum Gasteiger partial charge on any atom is -0.493 e. The van der Waals surface area contributed by atoms with Crippen LogP contribution in [0.3, 0.4) is 0 Å². The van der Waals surface area contributed by atoms with Gasteiger partial charge in [-0.3, -0.25) is 0 Å². The molecule has 0 aromatic heterocycles. The Balaban J connectivity index is 2.53. The van der Waals surface area contributed by atoms with Crippen LogP contribution in [-0.4, -0.2) is 20.8 Å². The molecule has 1 aliphatic carbocycles. The second kappa shape index (κ2) is 4.11. The zero-order valence-corrected chi connectivity index (χ0v) is 9.25. The average molecular weight is 207 g/mol. The van der Waals surface area contributed by atoms with Gasteiger partial charge < -0.3 is 15.2 Å². The maximum Gasteiger partial charge on any atom is 0.164 e. The van der Waals surface area contributed by atoms with E-state index < -0.39 is 0 Å². The molecule has 0 bridgehead atoms. The first kappa shape index (κ1) is 10.3. The van der Waals surface area contributed by atoms with Crippen LogP contribution in [0.1, 0.15) is 23.5 Å². The van der Waals surface area contributed by atoms with Gasteiger partial charge in [0.15, 0.2) is 11.5 Å². The molecule has 1 aromatic rings. The summed E-state index contributed by atoms with van der Waals surface area (Å²) in [7, 11) is 3.35. The van der Waals surface area contributed by atoms with Crippen LogP contribution in [0.5, 0.6) is 11.5 Å². The number of rotatable bonds is 3. The number of benzene rings is 1. The summed E-state index contributed by atoms with van der Waals surface area (Å²) in [6.45, 7) is 0.677. The maximum atomic E-state index is 5.77. The molecule has 0 radical (unpaired) electrons. The Labute approximate surface area is 90.2 Å². The number of methoxy groups -OCH3 is 2. The topological polar surface area (TPSA) is 44.5 Å². The lowest BCUT2D eigenvalue weighted by Gasteiger charge is -2.16. The molecule has 2 rings (SSSR count). The standard InChI is InChI=1S/C12H17NO2/c1-14-10-6-5-8-3-4-9(7-13)11(8)12(10)15-2/h5-6,9H,3-4,7,13H2,1-2H3. The van der Waals surface area contributed by atoms with Crippen LogP contribution in [0.15, 0.2) is 12.1 Å². The molecule has 3 nitrogen and oxygen atoms in total. The van der Waals surface area contributed by atoms with E-state index in [2.05, 4.69) is 6.07 Å². The monoisotopic (exact) mass is 207 g/mol. The summed E-state index contributed by atoms with van der Waals surface area (Å²) in [5.74, 6) is 2.09. The summed E-state index contributed by atoms with van der Waals surface area (Å²) in [5.41, 5.74) is 8.37. The van der Waals surface area contributed by atoms with Crippen LogP contribution < -0.4 is 15.2 Å². The summed E-state index contributed by atoms with van der Waals surface area (Å²) in [6, 6.07) is 4.09. The molecule has 3 heteroatoms. The van der Waals surface area contributed by atoms with Crippen molar-refractivity contribution in [3.05, 3.63) is 23.3 Å². The number of fused-ring (bicyclic) bond motifs is 1. The molecular weight excluding hydrogens is 190 g/mol. The zero-order valence-electron chi connectivity index (χ0n) is 9.25. The van der Waals surface area contributed by atoms with Crippen LogP contribution >= 0.6 is 0 Å². The number of nitrogens with two attached hydrogens (primary N) is 1. The van der Waals surface area contributed by atoms with Gasteiger partial charge in [-0.15, -0.1) is 0 Å². The van der Waals surface area contributed by atoms with Crippen molar-refractivity contribution in [2.45, 2.75) is 18.8 Å². The summed E-state index contributed by atoms with van der Waals surface area (Å²) in [5, 5.41) is 0. The van der Waals surface area contributed by atoms with E-state index in [1.165, 1.54) is 11.1 Å². The third kappa shape index (κ3) is 1.57. The molecule has 1 atom stereocenters. The molecule has 0 saturated heterocycles. The van der Waals surface area contributed by atoms with Crippen LogP contribution in [-0.2, 0) is 6.42 Å². The lowest BCUT2D eigenvalue weighted by Crippen LogP contribution is -2.10. The Morgan fingerprint density at radius 3 is 2.73 bits per heavy atom. The van der Waals surface area contributed by atoms with Gasteiger partial charge in [-0.2, -0.15) is 0 Å². The quantitative estimate of drug-likeness (QED) is 0.820. The first-order valence-corrected chi connectivity index (χ1v) is 5.25. The van der Waals surface area contributed by atoms with Crippen molar-refractivity contribution in [3.63, 3.8) is 0 Å². The smallest absolute Gasteiger partial charge is 0.164 e. The minimum absolute atomic E-state index is 0.421. The molecule has 1 aromatic carbocycles. The fourth-order valence-electron chi connectivity index (χ4n) is 2.37. The number of ether oxygens (including phenoxy) is 2. The predicted octanol–water partition coefficient (Wildman–Crippen LogP) is 1.69. The highest BCUT2D eigenvalue weighted by Crippen LogP contribution is 2.43. The van der Waals surface area contributed by atoms with Gasteiger partial charge in [-0.1, -0.05) is 6.07 Å². The first-order chi connectivity index (χ1) is 7.31. The normalized spacial score (nSPS) is 18.7. The van der Waals surface area contributed by atoms with E-state index in [0.29, 0.717) is 12.5 Å². The second-order valence-electron chi connectivity index (χ2n) is 3.85. The Morgan fingerprint density at radius 1 is 1.33 bits per heavy atom. The molecule has 0 fully saturated rings. The van der Waals surface area contributed by atoms with Crippen LogP contribution in [0, 0.1) is 0 Å². The van der Waals surface area contributed by atoms with Crippen molar-refractivity contribution < 1.29 is 9.47 Å². The minimum atomic E-state index is 0.421. The summed E-state index contributed by atoms with van der Waals surface area (Å²) in [6.07, 6.45) is 2.22. The SMILES string of the molecule is COc1ccc2c(c1OC)C(CN)CC2. The summed E-state index contributed by atoms with van der Waals surface area (Å²) >= 11 is 0. The molecule has 0 spiro atoms. The van der Waals surface area contributed by atoms with Crippen LogP contribution in [0.2, 0.25) is 0 Å². The van der Waals surface area contributed by atoms with E-state index >= 15 is 0 Å². The highest BCUT2D eigenvalue weighted by atomic mass is 16.5. The van der Waals surface area contributed by atoms with Crippen molar-refractivity contribution in [1.82, 2.24) is 0 Å². The van der Waals surface area contributed by atoms with Gasteiger partial charge >= 0.3 is 0 Å². The van der Waals surface area contributed by atoms with E-state index in [4.69, 9.17) is 15.2 Å².